The average molecular weight is 679 g/mol. The van der Waals surface area contributed by atoms with Crippen LogP contribution in [0.15, 0.2) is 81.6 Å². The van der Waals surface area contributed by atoms with E-state index in [1.165, 1.54) is 24.9 Å². The SMILES string of the molecule is COc1cc(N2CCCC(C)CC2)ccc1NC1=NC=C2CCCC3=C(C2=NC1)N(C)I=C3C(=O)Nc1ccccc1. The third kappa shape index (κ3) is 6.16. The molecule has 2 N–H and O–H groups in total. The molecule has 3 aliphatic heterocycles. The molecule has 3 heterocycles. The standard InChI is InChI=1S/C33H39IN6O2/c1-22-9-8-17-40(18-16-22)25-14-15-27(28(19-25)42-3)38-29-21-36-31-23(20-35-29)10-7-13-26-30(34-39(2)32(26)31)33(41)37-24-11-5-4-6-12-24/h4-6,11-12,14-15,19-20,22H,7-10,13,16-18,21H2,1-3H3,(H,35,38)(H,37,41). The van der Waals surface area contributed by atoms with E-state index in [4.69, 9.17) is 14.7 Å². The molecule has 1 amide bonds. The highest BCUT2D eigenvalue weighted by molar-refractivity contribution is 14.2. The molecule has 1 fully saturated rings. The van der Waals surface area contributed by atoms with E-state index in [-0.39, 0.29) is 5.91 Å². The second-order valence-corrected chi connectivity index (χ2v) is 14.3. The van der Waals surface area contributed by atoms with E-state index in [0.29, 0.717) is 6.54 Å². The highest BCUT2D eigenvalue weighted by Crippen LogP contribution is 2.39. The van der Waals surface area contributed by atoms with Crippen molar-refractivity contribution >= 4 is 59.0 Å². The Balaban J connectivity index is 1.20. The molecule has 9 heteroatoms. The highest BCUT2D eigenvalue weighted by atomic mass is 127. The van der Waals surface area contributed by atoms with Crippen molar-refractivity contribution in [2.24, 2.45) is 15.9 Å². The van der Waals surface area contributed by atoms with Gasteiger partial charge in [-0.05, 0) is 79.9 Å². The number of ether oxygens (including phenoxy) is 1. The van der Waals surface area contributed by atoms with Gasteiger partial charge in [-0.2, -0.15) is 0 Å². The number of halogens is 1. The minimum Gasteiger partial charge on any atom is -0.494 e. The van der Waals surface area contributed by atoms with Crippen LogP contribution in [0.5, 0.6) is 5.75 Å². The van der Waals surface area contributed by atoms with Crippen molar-refractivity contribution in [3.63, 3.8) is 0 Å². The fraction of sp³-hybridized carbons (Fsp3) is 0.394. The Morgan fingerprint density at radius 3 is 2.76 bits per heavy atom. The molecule has 0 spiro atoms. The zero-order valence-electron chi connectivity index (χ0n) is 24.6. The van der Waals surface area contributed by atoms with Gasteiger partial charge in [0.2, 0.25) is 0 Å². The Bertz CT molecular complexity index is 1510. The molecule has 1 unspecified atom stereocenters. The van der Waals surface area contributed by atoms with Crippen molar-refractivity contribution in [2.75, 3.05) is 49.3 Å². The first-order valence-corrected chi connectivity index (χ1v) is 16.9. The second kappa shape index (κ2) is 12.8. The number of nitrogens with one attached hydrogen (secondary N) is 2. The number of methoxy groups -OCH3 is 1. The number of carbonyl (C=O) groups is 1. The number of amidine groups is 1. The largest absolute Gasteiger partial charge is 0.494 e. The normalized spacial score (nSPS) is 20.8. The number of para-hydroxylation sites is 1. The molecule has 42 heavy (non-hydrogen) atoms. The molecule has 0 radical (unpaired) electrons. The van der Waals surface area contributed by atoms with Crippen LogP contribution in [0.3, 0.4) is 0 Å². The zero-order valence-corrected chi connectivity index (χ0v) is 26.8. The lowest BCUT2D eigenvalue weighted by molar-refractivity contribution is -0.110. The van der Waals surface area contributed by atoms with Crippen molar-refractivity contribution in [1.29, 1.82) is 0 Å². The van der Waals surface area contributed by atoms with Crippen LogP contribution in [-0.4, -0.2) is 57.9 Å². The van der Waals surface area contributed by atoms with E-state index in [0.717, 1.165) is 87.3 Å². The van der Waals surface area contributed by atoms with E-state index < -0.39 is 21.0 Å². The Morgan fingerprint density at radius 2 is 1.93 bits per heavy atom. The average Bonchev–Trinajstić information content (AvgIpc) is 3.21. The fourth-order valence-electron chi connectivity index (χ4n) is 6.02. The van der Waals surface area contributed by atoms with Gasteiger partial charge >= 0.3 is 0 Å². The van der Waals surface area contributed by atoms with Gasteiger partial charge in [-0.3, -0.25) is 9.79 Å². The summed E-state index contributed by atoms with van der Waals surface area (Å²) in [7, 11) is 3.82. The second-order valence-electron chi connectivity index (χ2n) is 11.3. The number of hydrogen-bond acceptors (Lipinski definition) is 7. The maximum absolute atomic E-state index is 13.3. The molecule has 0 aromatic heterocycles. The molecule has 1 saturated heterocycles. The summed E-state index contributed by atoms with van der Waals surface area (Å²) in [6.45, 7) is 4.94. The molecule has 2 aromatic carbocycles. The molecule has 1 atom stereocenters. The first-order valence-electron chi connectivity index (χ1n) is 14.9. The van der Waals surface area contributed by atoms with Crippen LogP contribution in [-0.2, 0) is 4.79 Å². The minimum atomic E-state index is -0.623. The van der Waals surface area contributed by atoms with Crippen molar-refractivity contribution < 1.29 is 9.53 Å². The summed E-state index contributed by atoms with van der Waals surface area (Å²) in [6, 6.07) is 16.1. The van der Waals surface area contributed by atoms with Gasteiger partial charge in [0, 0.05) is 64.8 Å². The molecule has 0 bridgehead atoms. The number of hydrogen-bond donors (Lipinski definition) is 2. The smallest absolute Gasteiger partial charge is 0.263 e. The molecule has 2 aromatic rings. The van der Waals surface area contributed by atoms with Crippen LogP contribution in [0.2, 0.25) is 0 Å². The lowest BCUT2D eigenvalue weighted by Gasteiger charge is -2.24. The number of aliphatic imine (C=N–C) groups is 2. The maximum atomic E-state index is 13.3. The monoisotopic (exact) mass is 678 g/mol. The summed E-state index contributed by atoms with van der Waals surface area (Å²) in [5, 5.41) is 6.61. The van der Waals surface area contributed by atoms with Gasteiger partial charge in [0.1, 0.15) is 11.6 Å². The first-order chi connectivity index (χ1) is 20.5. The van der Waals surface area contributed by atoms with E-state index in [2.05, 4.69) is 50.8 Å². The Morgan fingerprint density at radius 1 is 1.07 bits per heavy atom. The van der Waals surface area contributed by atoms with Crippen LogP contribution in [0, 0.1) is 5.92 Å². The number of amides is 1. The number of carbonyl (C=O) groups excluding carboxylic acids is 1. The van der Waals surface area contributed by atoms with Gasteiger partial charge < -0.3 is 23.4 Å². The lowest BCUT2D eigenvalue weighted by Crippen LogP contribution is -2.24. The van der Waals surface area contributed by atoms with Crippen molar-refractivity contribution in [1.82, 2.24) is 3.11 Å². The first kappa shape index (κ1) is 28.6. The van der Waals surface area contributed by atoms with Gasteiger partial charge in [0.25, 0.3) is 5.91 Å². The molecular formula is C33H39IN6O2. The predicted molar refractivity (Wildman–Crippen MR) is 182 cm³/mol. The third-order valence-corrected chi connectivity index (χ3v) is 11.1. The molecule has 220 valence electrons. The Kier molecular flexibility index (Phi) is 8.73. The number of benzene rings is 2. The third-order valence-electron chi connectivity index (χ3n) is 8.31. The Hall–Kier alpha value is -3.47. The summed E-state index contributed by atoms with van der Waals surface area (Å²) in [5.74, 6) is 2.38. The number of nitrogens with zero attached hydrogens (tertiary/aromatic N) is 4. The van der Waals surface area contributed by atoms with Crippen LogP contribution < -0.4 is 20.3 Å². The number of anilines is 3. The topological polar surface area (TPSA) is 81.6 Å². The fourth-order valence-corrected chi connectivity index (χ4v) is 8.67. The highest BCUT2D eigenvalue weighted by Gasteiger charge is 2.34. The minimum absolute atomic E-state index is 0.0105. The van der Waals surface area contributed by atoms with E-state index in [1.807, 2.05) is 36.5 Å². The van der Waals surface area contributed by atoms with Crippen LogP contribution in [0.1, 0.15) is 45.4 Å². The van der Waals surface area contributed by atoms with Crippen LogP contribution in [0.4, 0.5) is 17.1 Å². The van der Waals surface area contributed by atoms with E-state index >= 15 is 0 Å². The summed E-state index contributed by atoms with van der Waals surface area (Å²) < 4.78 is 9.02. The predicted octanol–water partition coefficient (Wildman–Crippen LogP) is 6.55. The molecular weight excluding hydrogens is 639 g/mol. The molecule has 1 aliphatic carbocycles. The van der Waals surface area contributed by atoms with Crippen molar-refractivity contribution in [3.8, 4) is 5.75 Å². The maximum Gasteiger partial charge on any atom is 0.263 e. The van der Waals surface area contributed by atoms with Crippen LogP contribution >= 0.6 is 21.0 Å². The van der Waals surface area contributed by atoms with Gasteiger partial charge in [0.15, 0.2) is 0 Å². The summed E-state index contributed by atoms with van der Waals surface area (Å²) in [6.07, 6.45) is 8.43. The summed E-state index contributed by atoms with van der Waals surface area (Å²) in [4.78, 5) is 25.8. The summed E-state index contributed by atoms with van der Waals surface area (Å²) in [5.41, 5.74) is 7.29. The molecule has 4 aliphatic rings. The number of rotatable bonds is 5. The van der Waals surface area contributed by atoms with Crippen molar-refractivity contribution in [3.05, 3.63) is 71.6 Å². The quantitative estimate of drug-likeness (QED) is 0.277. The summed E-state index contributed by atoms with van der Waals surface area (Å²) >= 11 is -0.623. The van der Waals surface area contributed by atoms with E-state index in [9.17, 15) is 4.79 Å². The Labute approximate surface area is 258 Å². The molecule has 6 rings (SSSR count). The number of allylic oxidation sites excluding steroid dienone is 1. The molecule has 8 nitrogen and oxygen atoms in total. The van der Waals surface area contributed by atoms with Gasteiger partial charge in [-0.15, -0.1) is 0 Å². The van der Waals surface area contributed by atoms with Crippen LogP contribution in [0.25, 0.3) is 0 Å². The number of fused-ring (bicyclic) bond motifs is 2. The van der Waals surface area contributed by atoms with Crippen molar-refractivity contribution in [2.45, 2.75) is 45.4 Å². The lowest BCUT2D eigenvalue weighted by atomic mass is 10.0. The zero-order chi connectivity index (χ0) is 29.1. The van der Waals surface area contributed by atoms with Gasteiger partial charge in [0.05, 0.1) is 34.3 Å². The van der Waals surface area contributed by atoms with Gasteiger partial charge in [-0.1, -0.05) is 25.1 Å². The molecule has 0 saturated carbocycles. The van der Waals surface area contributed by atoms with Gasteiger partial charge in [-0.25, -0.2) is 4.99 Å². The van der Waals surface area contributed by atoms with E-state index in [1.54, 1.807) is 7.11 Å².